The number of hydrogen-bond donors (Lipinski definition) is 2. The van der Waals surface area contributed by atoms with Crippen molar-refractivity contribution in [3.05, 3.63) is 61.2 Å². The molecule has 0 amide bonds. The first-order valence-corrected chi connectivity index (χ1v) is 7.77. The van der Waals surface area contributed by atoms with E-state index < -0.39 is 0 Å². The number of nitrogens with one attached hydrogen (secondary N) is 2. The van der Waals surface area contributed by atoms with Crippen LogP contribution in [-0.2, 0) is 0 Å². The van der Waals surface area contributed by atoms with Gasteiger partial charge in [-0.25, -0.2) is 0 Å². The third-order valence-corrected chi connectivity index (χ3v) is 4.32. The lowest BCUT2D eigenvalue weighted by atomic mass is 9.92. The summed E-state index contributed by atoms with van der Waals surface area (Å²) in [5.41, 5.74) is 4.41. The average Bonchev–Trinajstić information content (AvgIpc) is 3.33. The lowest BCUT2D eigenvalue weighted by Crippen LogP contribution is -1.92. The minimum Gasteiger partial charge on any atom is -0.497 e. The second kappa shape index (κ2) is 5.81. The number of fused-ring (bicyclic) bond motifs is 1. The molecule has 0 spiro atoms. The highest BCUT2D eigenvalue weighted by atomic mass is 16.5. The van der Waals surface area contributed by atoms with E-state index in [0.29, 0.717) is 0 Å². The average molecular weight is 318 g/mol. The van der Waals surface area contributed by atoms with Crippen molar-refractivity contribution in [2.45, 2.75) is 0 Å². The molecule has 0 aliphatic heterocycles. The van der Waals surface area contributed by atoms with Gasteiger partial charge in [-0.3, -0.25) is 0 Å². The van der Waals surface area contributed by atoms with Gasteiger partial charge in [0.1, 0.15) is 11.5 Å². The molecule has 120 valence electrons. The largest absolute Gasteiger partial charge is 0.497 e. The van der Waals surface area contributed by atoms with Crippen molar-refractivity contribution < 1.29 is 9.47 Å². The molecule has 0 radical (unpaired) electrons. The molecule has 2 N–H and O–H groups in total. The predicted octanol–water partition coefficient (Wildman–Crippen LogP) is 4.85. The van der Waals surface area contributed by atoms with E-state index in [-0.39, 0.29) is 0 Å². The highest BCUT2D eigenvalue weighted by Gasteiger charge is 2.16. The van der Waals surface area contributed by atoms with Crippen LogP contribution in [-0.4, -0.2) is 24.2 Å². The van der Waals surface area contributed by atoms with Crippen molar-refractivity contribution in [3.8, 4) is 33.8 Å². The third kappa shape index (κ3) is 2.24. The van der Waals surface area contributed by atoms with E-state index in [0.717, 1.165) is 44.5 Å². The van der Waals surface area contributed by atoms with Crippen molar-refractivity contribution in [2.24, 2.45) is 0 Å². The summed E-state index contributed by atoms with van der Waals surface area (Å²) in [7, 11) is 3.40. The van der Waals surface area contributed by atoms with E-state index >= 15 is 0 Å². The quantitative estimate of drug-likeness (QED) is 0.565. The SMILES string of the molecule is COc1ccc2c(-c3cc[nH]c3)c(OC)cc(-c3cc[nH]c3)c2c1. The maximum atomic E-state index is 5.72. The second-order valence-corrected chi connectivity index (χ2v) is 5.61. The van der Waals surface area contributed by atoms with Crippen LogP contribution in [0.15, 0.2) is 61.2 Å². The number of methoxy groups -OCH3 is 2. The highest BCUT2D eigenvalue weighted by molar-refractivity contribution is 6.07. The summed E-state index contributed by atoms with van der Waals surface area (Å²) < 4.78 is 11.2. The predicted molar refractivity (Wildman–Crippen MR) is 96.6 cm³/mol. The zero-order chi connectivity index (χ0) is 16.5. The zero-order valence-electron chi connectivity index (χ0n) is 13.6. The van der Waals surface area contributed by atoms with Gasteiger partial charge < -0.3 is 19.4 Å². The lowest BCUT2D eigenvalue weighted by Gasteiger charge is -2.16. The van der Waals surface area contributed by atoms with Crippen LogP contribution in [0.5, 0.6) is 11.5 Å². The van der Waals surface area contributed by atoms with Crippen molar-refractivity contribution in [1.29, 1.82) is 0 Å². The summed E-state index contributed by atoms with van der Waals surface area (Å²) in [5, 5.41) is 2.26. The fourth-order valence-corrected chi connectivity index (χ4v) is 3.17. The molecule has 2 heterocycles. The number of hydrogen-bond acceptors (Lipinski definition) is 2. The van der Waals surface area contributed by atoms with E-state index in [2.05, 4.69) is 40.3 Å². The zero-order valence-corrected chi connectivity index (χ0v) is 13.6. The number of H-pyrrole nitrogens is 2. The Morgan fingerprint density at radius 1 is 0.750 bits per heavy atom. The standard InChI is InChI=1S/C20H18N2O2/c1-23-15-3-4-16-18(9-15)17(13-5-7-21-11-13)10-19(24-2)20(16)14-6-8-22-12-14/h3-12,21-22H,1-2H3. The van der Waals surface area contributed by atoms with Gasteiger partial charge >= 0.3 is 0 Å². The summed E-state index contributed by atoms with van der Waals surface area (Å²) >= 11 is 0. The van der Waals surface area contributed by atoms with Crippen LogP contribution >= 0.6 is 0 Å². The fraction of sp³-hybridized carbons (Fsp3) is 0.100. The van der Waals surface area contributed by atoms with Crippen molar-refractivity contribution in [1.82, 2.24) is 9.97 Å². The summed E-state index contributed by atoms with van der Waals surface area (Å²) in [6.07, 6.45) is 7.82. The summed E-state index contributed by atoms with van der Waals surface area (Å²) in [5.74, 6) is 1.69. The normalized spacial score (nSPS) is 10.9. The van der Waals surface area contributed by atoms with Gasteiger partial charge in [-0.2, -0.15) is 0 Å². The Labute approximate surface area is 140 Å². The summed E-state index contributed by atoms with van der Waals surface area (Å²) in [4.78, 5) is 6.25. The van der Waals surface area contributed by atoms with Crippen LogP contribution < -0.4 is 9.47 Å². The van der Waals surface area contributed by atoms with E-state index in [1.165, 1.54) is 0 Å². The Bertz CT molecular complexity index is 971. The molecule has 2 aromatic carbocycles. The first kappa shape index (κ1) is 14.5. The van der Waals surface area contributed by atoms with Crippen LogP contribution in [0.2, 0.25) is 0 Å². The van der Waals surface area contributed by atoms with Crippen molar-refractivity contribution >= 4 is 10.8 Å². The molecule has 0 unspecified atom stereocenters. The molecule has 2 aromatic heterocycles. The van der Waals surface area contributed by atoms with Crippen molar-refractivity contribution in [2.75, 3.05) is 14.2 Å². The van der Waals surface area contributed by atoms with Crippen LogP contribution in [0.3, 0.4) is 0 Å². The number of aromatic amines is 2. The molecule has 4 nitrogen and oxygen atoms in total. The topological polar surface area (TPSA) is 50.0 Å². The number of aromatic nitrogens is 2. The van der Waals surface area contributed by atoms with Gasteiger partial charge in [0.2, 0.25) is 0 Å². The molecule has 4 aromatic rings. The number of ether oxygens (including phenoxy) is 2. The monoisotopic (exact) mass is 318 g/mol. The van der Waals surface area contributed by atoms with E-state index in [1.54, 1.807) is 14.2 Å². The van der Waals surface area contributed by atoms with Crippen molar-refractivity contribution in [3.63, 3.8) is 0 Å². The molecule has 24 heavy (non-hydrogen) atoms. The number of rotatable bonds is 4. The molecule has 0 saturated carbocycles. The van der Waals surface area contributed by atoms with Gasteiger partial charge in [0, 0.05) is 35.9 Å². The molecule has 0 bridgehead atoms. The molecule has 4 heteroatoms. The van der Waals surface area contributed by atoms with Crippen LogP contribution in [0, 0.1) is 0 Å². The Balaban J connectivity index is 2.12. The van der Waals surface area contributed by atoms with Crippen LogP contribution in [0.4, 0.5) is 0 Å². The molecule has 4 rings (SSSR count). The third-order valence-electron chi connectivity index (χ3n) is 4.32. The van der Waals surface area contributed by atoms with Crippen LogP contribution in [0.1, 0.15) is 0 Å². The van der Waals surface area contributed by atoms with Gasteiger partial charge in [0.25, 0.3) is 0 Å². The van der Waals surface area contributed by atoms with E-state index in [4.69, 9.17) is 9.47 Å². The lowest BCUT2D eigenvalue weighted by molar-refractivity contribution is 0.415. The van der Waals surface area contributed by atoms with Gasteiger partial charge in [-0.1, -0.05) is 0 Å². The molecular weight excluding hydrogens is 300 g/mol. The van der Waals surface area contributed by atoms with Gasteiger partial charge in [0.15, 0.2) is 0 Å². The summed E-state index contributed by atoms with van der Waals surface area (Å²) in [6, 6.07) is 12.4. The van der Waals surface area contributed by atoms with Gasteiger partial charge in [-0.05, 0) is 58.3 Å². The first-order chi connectivity index (χ1) is 11.8. The smallest absolute Gasteiger partial charge is 0.128 e. The maximum absolute atomic E-state index is 5.72. The Kier molecular flexibility index (Phi) is 3.50. The molecular formula is C20H18N2O2. The first-order valence-electron chi connectivity index (χ1n) is 7.77. The highest BCUT2D eigenvalue weighted by Crippen LogP contribution is 2.43. The van der Waals surface area contributed by atoms with E-state index in [9.17, 15) is 0 Å². The molecule has 0 atom stereocenters. The number of benzene rings is 2. The molecule has 0 aliphatic rings. The Morgan fingerprint density at radius 3 is 2.12 bits per heavy atom. The molecule has 0 saturated heterocycles. The fourth-order valence-electron chi connectivity index (χ4n) is 3.17. The van der Waals surface area contributed by atoms with Crippen LogP contribution in [0.25, 0.3) is 33.0 Å². The van der Waals surface area contributed by atoms with Gasteiger partial charge in [0.05, 0.1) is 14.2 Å². The van der Waals surface area contributed by atoms with E-state index in [1.807, 2.05) is 30.9 Å². The Morgan fingerprint density at radius 2 is 1.50 bits per heavy atom. The van der Waals surface area contributed by atoms with Gasteiger partial charge in [-0.15, -0.1) is 0 Å². The minimum atomic E-state index is 0.837. The minimum absolute atomic E-state index is 0.837. The Hall–Kier alpha value is -3.14. The molecule has 0 fully saturated rings. The maximum Gasteiger partial charge on any atom is 0.128 e. The summed E-state index contributed by atoms with van der Waals surface area (Å²) in [6.45, 7) is 0. The molecule has 0 aliphatic carbocycles. The second-order valence-electron chi connectivity index (χ2n) is 5.61.